The molecule has 1 heterocycles. The third kappa shape index (κ3) is 4.87. The fourth-order valence-electron chi connectivity index (χ4n) is 2.43. The Morgan fingerprint density at radius 1 is 1.08 bits per heavy atom. The molecule has 25 heavy (non-hydrogen) atoms. The van der Waals surface area contributed by atoms with E-state index in [1.54, 1.807) is 0 Å². The fourth-order valence-corrected chi connectivity index (χ4v) is 3.20. The second-order valence-electron chi connectivity index (χ2n) is 5.75. The molecule has 1 aromatic heterocycles. The fraction of sp³-hybridized carbons (Fsp3) is 0.211. The normalized spacial score (nSPS) is 10.5. The maximum absolute atomic E-state index is 12.0. The highest BCUT2D eigenvalue weighted by molar-refractivity contribution is 7.18. The van der Waals surface area contributed by atoms with Crippen molar-refractivity contribution in [1.82, 2.24) is 10.2 Å². The van der Waals surface area contributed by atoms with Crippen molar-refractivity contribution in [2.24, 2.45) is 0 Å². The summed E-state index contributed by atoms with van der Waals surface area (Å²) in [5, 5.41) is 12.2. The van der Waals surface area contributed by atoms with Crippen LogP contribution in [0.1, 0.15) is 17.5 Å². The summed E-state index contributed by atoms with van der Waals surface area (Å²) >= 11 is 1.35. The number of benzene rings is 2. The molecule has 128 valence electrons. The van der Waals surface area contributed by atoms with Gasteiger partial charge in [0, 0.05) is 5.56 Å². The van der Waals surface area contributed by atoms with Crippen LogP contribution < -0.4 is 10.1 Å². The van der Waals surface area contributed by atoms with E-state index in [1.807, 2.05) is 56.3 Å². The van der Waals surface area contributed by atoms with Gasteiger partial charge in [0.05, 0.1) is 13.0 Å². The summed E-state index contributed by atoms with van der Waals surface area (Å²) in [5.41, 5.74) is 3.27. The lowest BCUT2D eigenvalue weighted by Gasteiger charge is -2.07. The highest BCUT2D eigenvalue weighted by Gasteiger charge is 2.09. The van der Waals surface area contributed by atoms with Gasteiger partial charge in [-0.15, -0.1) is 10.2 Å². The number of hydrogen-bond donors (Lipinski definition) is 1. The number of nitrogens with zero attached hydrogens (tertiary/aromatic N) is 2. The van der Waals surface area contributed by atoms with Crippen molar-refractivity contribution in [3.05, 3.63) is 59.7 Å². The van der Waals surface area contributed by atoms with Crippen molar-refractivity contribution in [3.63, 3.8) is 0 Å². The zero-order valence-electron chi connectivity index (χ0n) is 14.2. The molecular weight excluding hydrogens is 334 g/mol. The Hall–Kier alpha value is -2.73. The molecule has 0 atom stereocenters. The Kier molecular flexibility index (Phi) is 5.40. The van der Waals surface area contributed by atoms with Crippen LogP contribution in [0.3, 0.4) is 0 Å². The minimum absolute atomic E-state index is 0.139. The minimum Gasteiger partial charge on any atom is -0.493 e. The lowest BCUT2D eigenvalue weighted by atomic mass is 10.1. The Morgan fingerprint density at radius 3 is 2.52 bits per heavy atom. The van der Waals surface area contributed by atoms with Crippen LogP contribution in [0, 0.1) is 13.8 Å². The number of nitrogens with one attached hydrogen (secondary N) is 1. The van der Waals surface area contributed by atoms with Crippen LogP contribution in [0.2, 0.25) is 0 Å². The molecule has 6 heteroatoms. The molecular formula is C19H19N3O2S. The number of aromatic nitrogens is 2. The number of carbonyl (C=O) groups is 1. The van der Waals surface area contributed by atoms with E-state index >= 15 is 0 Å². The summed E-state index contributed by atoms with van der Waals surface area (Å²) in [7, 11) is 0. The van der Waals surface area contributed by atoms with Crippen molar-refractivity contribution in [1.29, 1.82) is 0 Å². The molecule has 1 N–H and O–H groups in total. The Bertz CT molecular complexity index is 842. The number of carbonyl (C=O) groups excluding carboxylic acids is 1. The Balaban J connectivity index is 1.50. The number of anilines is 1. The standard InChI is InChI=1S/C19H19N3O2S/c1-13-10-14(2)12-16(11-13)24-9-8-17(23)20-19-22-21-18(25-19)15-6-4-3-5-7-15/h3-7,10-12H,8-9H2,1-2H3,(H,20,22,23). The van der Waals surface area contributed by atoms with Gasteiger partial charge in [-0.3, -0.25) is 4.79 Å². The summed E-state index contributed by atoms with van der Waals surface area (Å²) in [4.78, 5) is 12.0. The average Bonchev–Trinajstić information content (AvgIpc) is 3.03. The van der Waals surface area contributed by atoms with E-state index < -0.39 is 0 Å². The number of hydrogen-bond acceptors (Lipinski definition) is 5. The molecule has 3 aromatic rings. The van der Waals surface area contributed by atoms with Crippen molar-refractivity contribution in [3.8, 4) is 16.3 Å². The molecule has 0 unspecified atom stereocenters. The third-order valence-electron chi connectivity index (χ3n) is 3.49. The van der Waals surface area contributed by atoms with Crippen molar-refractivity contribution < 1.29 is 9.53 Å². The average molecular weight is 353 g/mol. The van der Waals surface area contributed by atoms with E-state index in [0.29, 0.717) is 11.7 Å². The lowest BCUT2D eigenvalue weighted by Crippen LogP contribution is -2.15. The van der Waals surface area contributed by atoms with Crippen LogP contribution >= 0.6 is 11.3 Å². The smallest absolute Gasteiger partial charge is 0.229 e. The van der Waals surface area contributed by atoms with Crippen LogP contribution in [-0.2, 0) is 4.79 Å². The van der Waals surface area contributed by atoms with E-state index in [9.17, 15) is 4.79 Å². The van der Waals surface area contributed by atoms with Gasteiger partial charge in [-0.1, -0.05) is 47.7 Å². The van der Waals surface area contributed by atoms with Gasteiger partial charge in [0.1, 0.15) is 10.8 Å². The first-order chi connectivity index (χ1) is 12.1. The summed E-state index contributed by atoms with van der Waals surface area (Å²) in [6, 6.07) is 15.8. The van der Waals surface area contributed by atoms with Gasteiger partial charge in [-0.25, -0.2) is 0 Å². The van der Waals surface area contributed by atoms with Crippen LogP contribution in [0.15, 0.2) is 48.5 Å². The quantitative estimate of drug-likeness (QED) is 0.720. The molecule has 5 nitrogen and oxygen atoms in total. The van der Waals surface area contributed by atoms with E-state index in [4.69, 9.17) is 4.74 Å². The SMILES string of the molecule is Cc1cc(C)cc(OCCC(=O)Nc2nnc(-c3ccccc3)s2)c1. The molecule has 0 aliphatic carbocycles. The number of aryl methyl sites for hydroxylation is 2. The topological polar surface area (TPSA) is 64.1 Å². The van der Waals surface area contributed by atoms with E-state index in [1.165, 1.54) is 11.3 Å². The third-order valence-corrected chi connectivity index (χ3v) is 4.37. The Morgan fingerprint density at radius 2 is 1.80 bits per heavy atom. The second-order valence-corrected chi connectivity index (χ2v) is 6.73. The molecule has 0 bridgehead atoms. The number of rotatable bonds is 6. The first-order valence-corrected chi connectivity index (χ1v) is 8.82. The van der Waals surface area contributed by atoms with E-state index in [0.717, 1.165) is 27.4 Å². The molecule has 0 saturated carbocycles. The lowest BCUT2D eigenvalue weighted by molar-refractivity contribution is -0.116. The maximum atomic E-state index is 12.0. The highest BCUT2D eigenvalue weighted by Crippen LogP contribution is 2.25. The zero-order chi connectivity index (χ0) is 17.6. The number of amides is 1. The molecule has 0 aliphatic heterocycles. The summed E-state index contributed by atoms with van der Waals surface area (Å²) in [6.07, 6.45) is 0.257. The van der Waals surface area contributed by atoms with Gasteiger partial charge < -0.3 is 10.1 Å². The predicted molar refractivity (Wildman–Crippen MR) is 100 cm³/mol. The van der Waals surface area contributed by atoms with Crippen molar-refractivity contribution in [2.75, 3.05) is 11.9 Å². The molecule has 3 rings (SSSR count). The van der Waals surface area contributed by atoms with E-state index in [2.05, 4.69) is 21.6 Å². The molecule has 0 saturated heterocycles. The second kappa shape index (κ2) is 7.90. The van der Waals surface area contributed by atoms with Crippen LogP contribution in [-0.4, -0.2) is 22.7 Å². The van der Waals surface area contributed by atoms with E-state index in [-0.39, 0.29) is 12.3 Å². The molecule has 0 spiro atoms. The van der Waals surface area contributed by atoms with Crippen molar-refractivity contribution in [2.45, 2.75) is 20.3 Å². The number of ether oxygens (including phenoxy) is 1. The largest absolute Gasteiger partial charge is 0.493 e. The first kappa shape index (κ1) is 17.1. The van der Waals surface area contributed by atoms with Crippen LogP contribution in [0.5, 0.6) is 5.75 Å². The van der Waals surface area contributed by atoms with Gasteiger partial charge in [0.2, 0.25) is 11.0 Å². The van der Waals surface area contributed by atoms with Gasteiger partial charge in [-0.05, 0) is 37.1 Å². The molecule has 0 radical (unpaired) electrons. The van der Waals surface area contributed by atoms with Crippen LogP contribution in [0.25, 0.3) is 10.6 Å². The minimum atomic E-state index is -0.139. The molecule has 0 aliphatic rings. The molecule has 0 fully saturated rings. The first-order valence-electron chi connectivity index (χ1n) is 8.00. The molecule has 2 aromatic carbocycles. The summed E-state index contributed by atoms with van der Waals surface area (Å²) in [5.74, 6) is 0.646. The maximum Gasteiger partial charge on any atom is 0.229 e. The van der Waals surface area contributed by atoms with Gasteiger partial charge in [0.15, 0.2) is 0 Å². The van der Waals surface area contributed by atoms with Crippen molar-refractivity contribution >= 4 is 22.4 Å². The summed E-state index contributed by atoms with van der Waals surface area (Å²) in [6.45, 7) is 4.36. The van der Waals surface area contributed by atoms with Gasteiger partial charge >= 0.3 is 0 Å². The monoisotopic (exact) mass is 353 g/mol. The molecule has 1 amide bonds. The summed E-state index contributed by atoms with van der Waals surface area (Å²) < 4.78 is 5.66. The van der Waals surface area contributed by atoms with Crippen LogP contribution in [0.4, 0.5) is 5.13 Å². The van der Waals surface area contributed by atoms with Gasteiger partial charge in [-0.2, -0.15) is 0 Å². The highest BCUT2D eigenvalue weighted by atomic mass is 32.1. The van der Waals surface area contributed by atoms with Gasteiger partial charge in [0.25, 0.3) is 0 Å². The zero-order valence-corrected chi connectivity index (χ0v) is 15.0. The Labute approximate surface area is 150 Å². The predicted octanol–water partition coefficient (Wildman–Crippen LogP) is 4.23.